The molecule has 0 unspecified atom stereocenters. The van der Waals surface area contributed by atoms with Gasteiger partial charge < -0.3 is 4.90 Å². The lowest BCUT2D eigenvalue weighted by atomic mass is 9.96. The first-order chi connectivity index (χ1) is 8.48. The van der Waals surface area contributed by atoms with E-state index in [1.807, 2.05) is 0 Å². The van der Waals surface area contributed by atoms with Crippen LogP contribution in [0.2, 0.25) is 0 Å². The lowest BCUT2D eigenvalue weighted by Crippen LogP contribution is -2.42. The number of carbonyl (C=O) groups is 1. The second-order valence-electron chi connectivity index (χ2n) is 4.22. The van der Waals surface area contributed by atoms with Gasteiger partial charge in [0.15, 0.2) is 5.69 Å². The molecule has 4 nitrogen and oxygen atoms in total. The summed E-state index contributed by atoms with van der Waals surface area (Å²) in [4.78, 5) is 13.3. The first-order valence-corrected chi connectivity index (χ1v) is 5.62. The van der Waals surface area contributed by atoms with Crippen LogP contribution in [0.15, 0.2) is 18.3 Å². The van der Waals surface area contributed by atoms with Crippen LogP contribution in [0.3, 0.4) is 0 Å². The van der Waals surface area contributed by atoms with Crippen molar-refractivity contribution in [2.45, 2.75) is 19.0 Å². The molecule has 0 aliphatic carbocycles. The Morgan fingerprint density at radius 2 is 2.00 bits per heavy atom. The molecule has 1 aromatic rings. The average Bonchev–Trinajstić information content (AvgIpc) is 2.38. The Morgan fingerprint density at radius 1 is 1.33 bits per heavy atom. The molecular weight excluding hydrogens is 247 g/mol. The predicted octanol–water partition coefficient (Wildman–Crippen LogP) is 1.89. The summed E-state index contributed by atoms with van der Waals surface area (Å²) in [6.07, 6.45) is -2.82. The molecule has 0 spiro atoms. The van der Waals surface area contributed by atoms with Crippen LogP contribution in [-0.2, 0) is 0 Å². The van der Waals surface area contributed by atoms with Crippen molar-refractivity contribution in [2.75, 3.05) is 13.1 Å². The zero-order valence-electron chi connectivity index (χ0n) is 9.52. The number of nitrogens with zero attached hydrogens (tertiary/aromatic N) is 3. The van der Waals surface area contributed by atoms with Gasteiger partial charge in [-0.05, 0) is 25.0 Å². The molecule has 2 rings (SSSR count). The van der Waals surface area contributed by atoms with E-state index in [4.69, 9.17) is 0 Å². The molecule has 1 saturated heterocycles. The van der Waals surface area contributed by atoms with Crippen LogP contribution >= 0.6 is 0 Å². The van der Waals surface area contributed by atoms with E-state index in [1.54, 1.807) is 6.07 Å². The molecule has 18 heavy (non-hydrogen) atoms. The molecule has 0 saturated carbocycles. The molecule has 7 heteroatoms. The maximum Gasteiger partial charge on any atom is 0.391 e. The molecule has 2 heterocycles. The normalized spacial score (nSPS) is 17.8. The number of rotatable bonds is 1. The molecule has 0 aromatic carbocycles. The Kier molecular flexibility index (Phi) is 3.49. The summed E-state index contributed by atoms with van der Waals surface area (Å²) < 4.78 is 37.4. The summed E-state index contributed by atoms with van der Waals surface area (Å²) in [5, 5.41) is 7.24. The lowest BCUT2D eigenvalue weighted by molar-refractivity contribution is -0.183. The number of hydrogen-bond donors (Lipinski definition) is 0. The molecule has 1 aliphatic rings. The highest BCUT2D eigenvalue weighted by Crippen LogP contribution is 2.34. The van der Waals surface area contributed by atoms with E-state index in [-0.39, 0.29) is 37.5 Å². The third kappa shape index (κ3) is 2.77. The fraction of sp³-hybridized carbons (Fsp3) is 0.545. The van der Waals surface area contributed by atoms with Crippen LogP contribution in [0, 0.1) is 5.92 Å². The summed E-state index contributed by atoms with van der Waals surface area (Å²) in [5.74, 6) is -1.66. The van der Waals surface area contributed by atoms with Gasteiger partial charge in [0, 0.05) is 19.3 Å². The number of aromatic nitrogens is 2. The summed E-state index contributed by atoms with van der Waals surface area (Å²) >= 11 is 0. The van der Waals surface area contributed by atoms with Crippen molar-refractivity contribution in [1.29, 1.82) is 0 Å². The van der Waals surface area contributed by atoms with Gasteiger partial charge >= 0.3 is 6.18 Å². The zero-order valence-corrected chi connectivity index (χ0v) is 9.52. The van der Waals surface area contributed by atoms with E-state index in [2.05, 4.69) is 10.2 Å². The Balaban J connectivity index is 1.96. The van der Waals surface area contributed by atoms with Gasteiger partial charge in [0.25, 0.3) is 5.91 Å². The number of alkyl halides is 3. The number of piperidine rings is 1. The van der Waals surface area contributed by atoms with Crippen molar-refractivity contribution >= 4 is 5.91 Å². The van der Waals surface area contributed by atoms with Gasteiger partial charge in [-0.25, -0.2) is 0 Å². The van der Waals surface area contributed by atoms with Crippen molar-refractivity contribution in [2.24, 2.45) is 5.92 Å². The Bertz CT molecular complexity index is 413. The van der Waals surface area contributed by atoms with Crippen molar-refractivity contribution in [3.63, 3.8) is 0 Å². The predicted molar refractivity (Wildman–Crippen MR) is 56.7 cm³/mol. The van der Waals surface area contributed by atoms with Crippen molar-refractivity contribution in [1.82, 2.24) is 15.1 Å². The molecule has 98 valence electrons. The van der Waals surface area contributed by atoms with Gasteiger partial charge in [0.05, 0.1) is 5.92 Å². The number of carbonyl (C=O) groups excluding carboxylic acids is 1. The molecule has 1 aromatic heterocycles. The molecule has 0 atom stereocenters. The zero-order chi connectivity index (χ0) is 13.2. The van der Waals surface area contributed by atoms with Crippen LogP contribution in [0.4, 0.5) is 13.2 Å². The summed E-state index contributed by atoms with van der Waals surface area (Å²) in [6, 6.07) is 3.08. The largest absolute Gasteiger partial charge is 0.391 e. The highest BCUT2D eigenvalue weighted by Gasteiger charge is 2.41. The van der Waals surface area contributed by atoms with E-state index < -0.39 is 12.1 Å². The van der Waals surface area contributed by atoms with Crippen LogP contribution in [0.25, 0.3) is 0 Å². The van der Waals surface area contributed by atoms with Crippen LogP contribution in [0.1, 0.15) is 23.3 Å². The van der Waals surface area contributed by atoms with Gasteiger partial charge in [0.1, 0.15) is 0 Å². The minimum absolute atomic E-state index is 0.0461. The van der Waals surface area contributed by atoms with Gasteiger partial charge in [-0.2, -0.15) is 18.3 Å². The minimum atomic E-state index is -4.16. The molecular formula is C11H12F3N3O. The van der Waals surface area contributed by atoms with Gasteiger partial charge in [-0.3, -0.25) is 4.79 Å². The molecule has 1 fully saturated rings. The van der Waals surface area contributed by atoms with Gasteiger partial charge in [-0.1, -0.05) is 0 Å². The summed E-state index contributed by atoms with van der Waals surface area (Å²) in [7, 11) is 0. The van der Waals surface area contributed by atoms with E-state index in [0.717, 1.165) is 0 Å². The van der Waals surface area contributed by atoms with Crippen LogP contribution in [-0.4, -0.2) is 40.3 Å². The second kappa shape index (κ2) is 4.91. The Hall–Kier alpha value is -1.66. The van der Waals surface area contributed by atoms with E-state index >= 15 is 0 Å². The van der Waals surface area contributed by atoms with Crippen LogP contribution in [0.5, 0.6) is 0 Å². The first-order valence-electron chi connectivity index (χ1n) is 5.62. The topological polar surface area (TPSA) is 46.1 Å². The molecule has 0 N–H and O–H groups in total. The number of amides is 1. The van der Waals surface area contributed by atoms with E-state index in [0.29, 0.717) is 0 Å². The maximum atomic E-state index is 12.5. The third-order valence-electron chi connectivity index (χ3n) is 3.04. The molecule has 1 aliphatic heterocycles. The third-order valence-corrected chi connectivity index (χ3v) is 3.04. The van der Waals surface area contributed by atoms with E-state index in [1.165, 1.54) is 17.2 Å². The highest BCUT2D eigenvalue weighted by atomic mass is 19.4. The number of likely N-dealkylation sites (tertiary alicyclic amines) is 1. The molecule has 1 amide bonds. The van der Waals surface area contributed by atoms with E-state index in [9.17, 15) is 18.0 Å². The fourth-order valence-electron chi connectivity index (χ4n) is 1.99. The van der Waals surface area contributed by atoms with Gasteiger partial charge in [0.2, 0.25) is 0 Å². The summed E-state index contributed by atoms with van der Waals surface area (Å²) in [6.45, 7) is 0.221. The van der Waals surface area contributed by atoms with Gasteiger partial charge in [-0.15, -0.1) is 5.10 Å². The average molecular weight is 259 g/mol. The number of halogens is 3. The number of hydrogen-bond acceptors (Lipinski definition) is 3. The van der Waals surface area contributed by atoms with Crippen molar-refractivity contribution in [3.05, 3.63) is 24.0 Å². The van der Waals surface area contributed by atoms with Crippen LogP contribution < -0.4 is 0 Å². The van der Waals surface area contributed by atoms with Crippen molar-refractivity contribution in [3.8, 4) is 0 Å². The standard InChI is InChI=1S/C11H12F3N3O/c12-11(13,14)8-3-6-17(7-4-8)10(18)9-2-1-5-15-16-9/h1-2,5,8H,3-4,6-7H2. The first kappa shape index (κ1) is 12.8. The van der Waals surface area contributed by atoms with Crippen molar-refractivity contribution < 1.29 is 18.0 Å². The SMILES string of the molecule is O=C(c1cccnn1)N1CCC(C(F)(F)F)CC1. The summed E-state index contributed by atoms with van der Waals surface area (Å²) in [5.41, 5.74) is 0.169. The molecule has 0 radical (unpaired) electrons. The lowest BCUT2D eigenvalue weighted by Gasteiger charge is -2.32. The smallest absolute Gasteiger partial charge is 0.337 e. The minimum Gasteiger partial charge on any atom is -0.337 e. The maximum absolute atomic E-state index is 12.5. The quantitative estimate of drug-likeness (QED) is 0.773. The Labute approximate surface area is 102 Å². The highest BCUT2D eigenvalue weighted by molar-refractivity contribution is 5.92. The molecule has 0 bridgehead atoms. The fourth-order valence-corrected chi connectivity index (χ4v) is 1.99. The Morgan fingerprint density at radius 3 is 2.50 bits per heavy atom. The monoisotopic (exact) mass is 259 g/mol. The second-order valence-corrected chi connectivity index (χ2v) is 4.22.